The van der Waals surface area contributed by atoms with Gasteiger partial charge in [0.2, 0.25) is 11.8 Å². The maximum atomic E-state index is 12.3. The Balaban J connectivity index is 1.43. The first-order valence-corrected chi connectivity index (χ1v) is 9.11. The minimum absolute atomic E-state index is 0.0374. The molecule has 1 N–H and O–H groups in total. The van der Waals surface area contributed by atoms with Gasteiger partial charge in [-0.3, -0.25) is 9.59 Å². The number of hydrogen-bond acceptors (Lipinski definition) is 3. The second-order valence-electron chi connectivity index (χ2n) is 7.29. The van der Waals surface area contributed by atoms with E-state index in [1.165, 1.54) is 11.3 Å². The maximum Gasteiger partial charge on any atom is 0.243 e. The molecule has 2 unspecified atom stereocenters. The Bertz CT molecular complexity index is 779. The third-order valence-electron chi connectivity index (χ3n) is 4.88. The summed E-state index contributed by atoms with van der Waals surface area (Å²) in [6.45, 7) is 4.24. The van der Waals surface area contributed by atoms with Gasteiger partial charge in [0, 0.05) is 31.5 Å². The number of aryl methyl sites for hydroxylation is 2. The molecule has 0 radical (unpaired) electrons. The number of amides is 2. The number of nitrogens with zero attached hydrogens (tertiary/aromatic N) is 1. The zero-order valence-corrected chi connectivity index (χ0v) is 15.6. The first kappa shape index (κ1) is 18.2. The molecule has 0 saturated heterocycles. The fourth-order valence-electron chi connectivity index (χ4n) is 3.01. The summed E-state index contributed by atoms with van der Waals surface area (Å²) < 4.78 is 5.83. The monoisotopic (exact) mass is 354 g/mol. The summed E-state index contributed by atoms with van der Waals surface area (Å²) in [5, 5.41) is 2.80. The number of carbonyl (C=O) groups is 2. The molecule has 3 rings (SSSR count). The zero-order chi connectivity index (χ0) is 18.7. The van der Waals surface area contributed by atoms with Crippen LogP contribution in [0, 0.1) is 12.8 Å². The zero-order valence-electron chi connectivity index (χ0n) is 15.6. The molecule has 1 heterocycles. The molecule has 1 aliphatic rings. The highest BCUT2D eigenvalue weighted by Crippen LogP contribution is 2.47. The van der Waals surface area contributed by atoms with Crippen LogP contribution in [-0.4, -0.2) is 30.3 Å². The van der Waals surface area contributed by atoms with Crippen LogP contribution in [0.3, 0.4) is 0 Å². The SMILES string of the molecule is Cc1ccc(NC(=O)CN(C)C(=O)CCc2ccc(C3CC3C)o2)cc1. The molecule has 2 atom stereocenters. The van der Waals surface area contributed by atoms with E-state index >= 15 is 0 Å². The van der Waals surface area contributed by atoms with Crippen molar-refractivity contribution in [2.24, 2.45) is 5.92 Å². The van der Waals surface area contributed by atoms with Crippen molar-refractivity contribution < 1.29 is 14.0 Å². The van der Waals surface area contributed by atoms with Crippen LogP contribution >= 0.6 is 0 Å². The van der Waals surface area contributed by atoms with Crippen molar-refractivity contribution in [2.75, 3.05) is 18.9 Å². The molecule has 0 spiro atoms. The molecule has 1 saturated carbocycles. The first-order chi connectivity index (χ1) is 12.4. The average molecular weight is 354 g/mol. The molecule has 5 nitrogen and oxygen atoms in total. The normalized spacial score (nSPS) is 18.4. The van der Waals surface area contributed by atoms with Crippen LogP contribution in [0.4, 0.5) is 5.69 Å². The summed E-state index contributed by atoms with van der Waals surface area (Å²) in [6, 6.07) is 11.5. The third kappa shape index (κ3) is 4.75. The minimum atomic E-state index is -0.201. The molecule has 138 valence electrons. The van der Waals surface area contributed by atoms with Crippen molar-refractivity contribution in [1.29, 1.82) is 0 Å². The molecule has 26 heavy (non-hydrogen) atoms. The smallest absolute Gasteiger partial charge is 0.243 e. The largest absolute Gasteiger partial charge is 0.466 e. The Morgan fingerprint density at radius 1 is 1.19 bits per heavy atom. The van der Waals surface area contributed by atoms with Crippen LogP contribution in [0.2, 0.25) is 0 Å². The van der Waals surface area contributed by atoms with E-state index in [1.807, 2.05) is 43.3 Å². The Hall–Kier alpha value is -2.56. The second kappa shape index (κ2) is 7.77. The van der Waals surface area contributed by atoms with Crippen molar-refractivity contribution in [3.05, 3.63) is 53.5 Å². The van der Waals surface area contributed by atoms with Gasteiger partial charge >= 0.3 is 0 Å². The molecule has 1 fully saturated rings. The fourth-order valence-corrected chi connectivity index (χ4v) is 3.01. The minimum Gasteiger partial charge on any atom is -0.466 e. The van der Waals surface area contributed by atoms with Gasteiger partial charge < -0.3 is 14.6 Å². The van der Waals surface area contributed by atoms with Gasteiger partial charge in [0.25, 0.3) is 0 Å². The first-order valence-electron chi connectivity index (χ1n) is 9.11. The molecule has 2 amide bonds. The molecular weight excluding hydrogens is 328 g/mol. The van der Waals surface area contributed by atoms with Crippen LogP contribution in [0.1, 0.15) is 42.8 Å². The highest BCUT2D eigenvalue weighted by atomic mass is 16.3. The van der Waals surface area contributed by atoms with E-state index in [0.717, 1.165) is 22.8 Å². The van der Waals surface area contributed by atoms with Gasteiger partial charge in [-0.15, -0.1) is 0 Å². The number of anilines is 1. The van der Waals surface area contributed by atoms with Crippen LogP contribution in [-0.2, 0) is 16.0 Å². The third-order valence-corrected chi connectivity index (χ3v) is 4.88. The Morgan fingerprint density at radius 2 is 1.88 bits per heavy atom. The van der Waals surface area contributed by atoms with Gasteiger partial charge in [-0.25, -0.2) is 0 Å². The van der Waals surface area contributed by atoms with E-state index in [4.69, 9.17) is 4.42 Å². The van der Waals surface area contributed by atoms with E-state index < -0.39 is 0 Å². The number of carbonyl (C=O) groups excluding carboxylic acids is 2. The number of furan rings is 1. The van der Waals surface area contributed by atoms with Crippen molar-refractivity contribution in [1.82, 2.24) is 4.90 Å². The maximum absolute atomic E-state index is 12.3. The molecule has 1 aromatic carbocycles. The van der Waals surface area contributed by atoms with E-state index in [1.54, 1.807) is 7.05 Å². The molecule has 1 aliphatic carbocycles. The summed E-state index contributed by atoms with van der Waals surface area (Å²) >= 11 is 0. The topological polar surface area (TPSA) is 62.6 Å². The summed E-state index contributed by atoms with van der Waals surface area (Å²) in [7, 11) is 1.65. The van der Waals surface area contributed by atoms with Gasteiger partial charge in [-0.1, -0.05) is 24.6 Å². The highest BCUT2D eigenvalue weighted by molar-refractivity contribution is 5.94. The van der Waals surface area contributed by atoms with E-state index in [0.29, 0.717) is 24.7 Å². The van der Waals surface area contributed by atoms with Crippen LogP contribution in [0.25, 0.3) is 0 Å². The van der Waals surface area contributed by atoms with Gasteiger partial charge in [0.05, 0.1) is 6.54 Å². The van der Waals surface area contributed by atoms with Crippen molar-refractivity contribution in [2.45, 2.75) is 39.0 Å². The van der Waals surface area contributed by atoms with E-state index in [2.05, 4.69) is 12.2 Å². The highest BCUT2D eigenvalue weighted by Gasteiger charge is 2.36. The standard InChI is InChI=1S/C21H26N2O3/c1-14-4-6-16(7-5-14)22-20(24)13-23(3)21(25)11-9-17-8-10-19(26-17)18-12-15(18)2/h4-8,10,15,18H,9,11-13H2,1-3H3,(H,22,24). The predicted molar refractivity (Wildman–Crippen MR) is 101 cm³/mol. The fraction of sp³-hybridized carbons (Fsp3) is 0.429. The number of rotatable bonds is 7. The molecule has 2 aromatic rings. The van der Waals surface area contributed by atoms with Gasteiger partial charge in [0.1, 0.15) is 11.5 Å². The lowest BCUT2D eigenvalue weighted by Crippen LogP contribution is -2.35. The van der Waals surface area contributed by atoms with Gasteiger partial charge in [0.15, 0.2) is 0 Å². The molecule has 1 aromatic heterocycles. The van der Waals surface area contributed by atoms with Crippen molar-refractivity contribution >= 4 is 17.5 Å². The van der Waals surface area contributed by atoms with Crippen LogP contribution in [0.15, 0.2) is 40.8 Å². The van der Waals surface area contributed by atoms with Crippen molar-refractivity contribution in [3.63, 3.8) is 0 Å². The van der Waals surface area contributed by atoms with Gasteiger partial charge in [-0.05, 0) is 43.5 Å². The van der Waals surface area contributed by atoms with Crippen LogP contribution in [0.5, 0.6) is 0 Å². The predicted octanol–water partition coefficient (Wildman–Crippen LogP) is 3.74. The van der Waals surface area contributed by atoms with E-state index in [9.17, 15) is 9.59 Å². The Labute approximate surface area is 154 Å². The van der Waals surface area contributed by atoms with Crippen LogP contribution < -0.4 is 5.32 Å². The van der Waals surface area contributed by atoms with Gasteiger partial charge in [-0.2, -0.15) is 0 Å². The lowest BCUT2D eigenvalue weighted by molar-refractivity contribution is -0.133. The number of hydrogen-bond donors (Lipinski definition) is 1. The lowest BCUT2D eigenvalue weighted by Gasteiger charge is -2.16. The number of nitrogens with one attached hydrogen (secondary N) is 1. The lowest BCUT2D eigenvalue weighted by atomic mass is 10.2. The number of benzene rings is 1. The number of likely N-dealkylation sites (N-methyl/N-ethyl adjacent to an activating group) is 1. The Kier molecular flexibility index (Phi) is 5.45. The second-order valence-corrected chi connectivity index (χ2v) is 7.29. The van der Waals surface area contributed by atoms with Crippen molar-refractivity contribution in [3.8, 4) is 0 Å². The molecule has 5 heteroatoms. The quantitative estimate of drug-likeness (QED) is 0.824. The summed E-state index contributed by atoms with van der Waals surface area (Å²) in [5.74, 6) is 2.85. The average Bonchev–Trinajstić information content (AvgIpc) is 3.15. The molecule has 0 bridgehead atoms. The summed E-state index contributed by atoms with van der Waals surface area (Å²) in [5.41, 5.74) is 1.87. The summed E-state index contributed by atoms with van der Waals surface area (Å²) in [4.78, 5) is 25.8. The summed E-state index contributed by atoms with van der Waals surface area (Å²) in [6.07, 6.45) is 2.08. The Morgan fingerprint density at radius 3 is 2.54 bits per heavy atom. The van der Waals surface area contributed by atoms with E-state index in [-0.39, 0.29) is 18.4 Å². The molecule has 0 aliphatic heterocycles. The molecular formula is C21H26N2O3.